The molecule has 110 valence electrons. The van der Waals surface area contributed by atoms with Crippen molar-refractivity contribution in [2.75, 3.05) is 0 Å². The number of benzene rings is 1. The Kier molecular flexibility index (Phi) is 4.13. The summed E-state index contributed by atoms with van der Waals surface area (Å²) in [5.74, 6) is -0.234. The van der Waals surface area contributed by atoms with E-state index in [4.69, 9.17) is 11.6 Å². The van der Waals surface area contributed by atoms with Gasteiger partial charge in [0.1, 0.15) is 0 Å². The van der Waals surface area contributed by atoms with Crippen LogP contribution >= 0.6 is 23.4 Å². The van der Waals surface area contributed by atoms with Crippen LogP contribution in [0.25, 0.3) is 6.08 Å². The average Bonchev–Trinajstić information content (AvgIpc) is 2.84. The second-order valence-electron chi connectivity index (χ2n) is 4.42. The van der Waals surface area contributed by atoms with E-state index in [-0.39, 0.29) is 11.5 Å². The molecule has 22 heavy (non-hydrogen) atoms. The second-order valence-corrected chi connectivity index (χ2v) is 5.86. The molecular formula is C15H10ClN3O2S. The number of halogens is 1. The number of carbonyl (C=O) groups excluding carboxylic acids is 1. The normalized spacial score (nSPS) is 18.0. The molecule has 0 radical (unpaired) electrons. The van der Waals surface area contributed by atoms with Crippen molar-refractivity contribution in [3.63, 3.8) is 0 Å². The Balaban J connectivity index is 1.86. The molecule has 1 aliphatic heterocycles. The van der Waals surface area contributed by atoms with Gasteiger partial charge in [0.15, 0.2) is 5.17 Å². The van der Waals surface area contributed by atoms with Crippen molar-refractivity contribution in [1.82, 2.24) is 10.3 Å². The number of aromatic amines is 1. The first-order valence-corrected chi connectivity index (χ1v) is 7.54. The first-order valence-electron chi connectivity index (χ1n) is 6.35. The van der Waals surface area contributed by atoms with E-state index in [1.54, 1.807) is 30.5 Å². The Labute approximate surface area is 135 Å². The topological polar surface area (TPSA) is 74.3 Å². The molecule has 1 aromatic heterocycles. The maximum atomic E-state index is 11.9. The van der Waals surface area contributed by atoms with Gasteiger partial charge in [0.25, 0.3) is 5.91 Å². The molecule has 0 unspecified atom stereocenters. The number of thioether (sulfide) groups is 1. The van der Waals surface area contributed by atoms with Gasteiger partial charge in [-0.25, -0.2) is 4.99 Å². The van der Waals surface area contributed by atoms with Gasteiger partial charge < -0.3 is 10.3 Å². The monoisotopic (exact) mass is 331 g/mol. The number of rotatable bonds is 2. The molecule has 5 nitrogen and oxygen atoms in total. The fraction of sp³-hybridized carbons (Fsp3) is 0. The highest BCUT2D eigenvalue weighted by atomic mass is 35.5. The van der Waals surface area contributed by atoms with Crippen LogP contribution in [0.3, 0.4) is 0 Å². The number of nitrogens with one attached hydrogen (secondary N) is 2. The fourth-order valence-corrected chi connectivity index (χ4v) is 2.81. The van der Waals surface area contributed by atoms with Crippen LogP contribution in [0, 0.1) is 0 Å². The van der Waals surface area contributed by atoms with Gasteiger partial charge in [0, 0.05) is 12.3 Å². The molecular weight excluding hydrogens is 322 g/mol. The van der Waals surface area contributed by atoms with E-state index in [0.29, 0.717) is 20.8 Å². The van der Waals surface area contributed by atoms with E-state index in [1.807, 2.05) is 12.1 Å². The number of aromatic nitrogens is 1. The molecule has 2 heterocycles. The van der Waals surface area contributed by atoms with Gasteiger partial charge >= 0.3 is 0 Å². The molecule has 7 heteroatoms. The van der Waals surface area contributed by atoms with Gasteiger partial charge in [-0.15, -0.1) is 0 Å². The first kappa shape index (κ1) is 14.6. The summed E-state index contributed by atoms with van der Waals surface area (Å²) in [5.41, 5.74) is 1.14. The second kappa shape index (κ2) is 6.21. The Hall–Kier alpha value is -2.31. The van der Waals surface area contributed by atoms with E-state index < -0.39 is 0 Å². The number of hydrogen-bond acceptors (Lipinski definition) is 4. The standard InChI is InChI=1S/C15H10ClN3O2S/c16-10-3-1-2-4-11(10)18-15-19-14(21)12(22-15)7-9-5-6-13(20)17-8-9/h1-8H,(H,17,20)(H,18,19,21)/b12-7+. The zero-order valence-corrected chi connectivity index (χ0v) is 12.7. The van der Waals surface area contributed by atoms with Crippen LogP contribution in [-0.2, 0) is 4.79 Å². The summed E-state index contributed by atoms with van der Waals surface area (Å²) < 4.78 is 0. The fourth-order valence-electron chi connectivity index (χ4n) is 1.80. The van der Waals surface area contributed by atoms with Gasteiger partial charge in [-0.05, 0) is 41.6 Å². The highest BCUT2D eigenvalue weighted by Crippen LogP contribution is 2.30. The van der Waals surface area contributed by atoms with Crippen LogP contribution in [-0.4, -0.2) is 16.1 Å². The number of amidine groups is 1. The van der Waals surface area contributed by atoms with Gasteiger partial charge in [0.05, 0.1) is 15.6 Å². The van der Waals surface area contributed by atoms with Crippen molar-refractivity contribution < 1.29 is 4.79 Å². The van der Waals surface area contributed by atoms with Gasteiger partial charge in [-0.3, -0.25) is 9.59 Å². The number of nitrogens with zero attached hydrogens (tertiary/aromatic N) is 1. The Morgan fingerprint density at radius 3 is 2.68 bits per heavy atom. The number of amides is 1. The molecule has 0 atom stereocenters. The lowest BCUT2D eigenvalue weighted by Gasteiger charge is -1.98. The van der Waals surface area contributed by atoms with Crippen LogP contribution in [0.4, 0.5) is 5.69 Å². The third-order valence-corrected chi connectivity index (χ3v) is 4.06. The van der Waals surface area contributed by atoms with Crippen LogP contribution in [0.1, 0.15) is 5.56 Å². The quantitative estimate of drug-likeness (QED) is 0.831. The minimum absolute atomic E-state index is 0.188. The van der Waals surface area contributed by atoms with Crippen molar-refractivity contribution in [2.24, 2.45) is 4.99 Å². The Morgan fingerprint density at radius 2 is 1.95 bits per heavy atom. The van der Waals surface area contributed by atoms with Crippen LogP contribution < -0.4 is 10.9 Å². The molecule has 1 aliphatic rings. The number of H-pyrrole nitrogens is 1. The summed E-state index contributed by atoms with van der Waals surface area (Å²) in [5, 5.41) is 3.67. The molecule has 2 aromatic rings. The highest BCUT2D eigenvalue weighted by Gasteiger charge is 2.23. The van der Waals surface area contributed by atoms with Crippen molar-refractivity contribution >= 4 is 46.2 Å². The summed E-state index contributed by atoms with van der Waals surface area (Å²) in [6.45, 7) is 0. The van der Waals surface area contributed by atoms with Crippen molar-refractivity contribution in [1.29, 1.82) is 0 Å². The molecule has 0 spiro atoms. The lowest BCUT2D eigenvalue weighted by atomic mass is 10.2. The predicted octanol–water partition coefficient (Wildman–Crippen LogP) is 2.92. The van der Waals surface area contributed by atoms with E-state index in [9.17, 15) is 9.59 Å². The predicted molar refractivity (Wildman–Crippen MR) is 89.3 cm³/mol. The number of para-hydroxylation sites is 1. The largest absolute Gasteiger partial charge is 0.329 e. The molecule has 0 aliphatic carbocycles. The maximum absolute atomic E-state index is 11.9. The van der Waals surface area contributed by atoms with Crippen molar-refractivity contribution in [3.05, 3.63) is 68.4 Å². The Morgan fingerprint density at radius 1 is 1.14 bits per heavy atom. The number of aliphatic imine (C=N–C) groups is 1. The lowest BCUT2D eigenvalue weighted by Crippen LogP contribution is -2.19. The van der Waals surface area contributed by atoms with Gasteiger partial charge in [-0.2, -0.15) is 0 Å². The van der Waals surface area contributed by atoms with Crippen LogP contribution in [0.2, 0.25) is 5.02 Å². The Bertz CT molecular complexity index is 837. The minimum atomic E-state index is -0.234. The maximum Gasteiger partial charge on any atom is 0.264 e. The molecule has 1 aromatic carbocycles. The third kappa shape index (κ3) is 3.29. The van der Waals surface area contributed by atoms with Gasteiger partial charge in [-0.1, -0.05) is 23.7 Å². The number of hydrogen-bond donors (Lipinski definition) is 2. The average molecular weight is 332 g/mol. The minimum Gasteiger partial charge on any atom is -0.329 e. The molecule has 3 rings (SSSR count). The molecule has 0 saturated carbocycles. The van der Waals surface area contributed by atoms with E-state index >= 15 is 0 Å². The first-order chi connectivity index (χ1) is 10.6. The number of carbonyl (C=O) groups is 1. The van der Waals surface area contributed by atoms with E-state index in [0.717, 1.165) is 5.56 Å². The zero-order valence-electron chi connectivity index (χ0n) is 11.2. The molecule has 0 bridgehead atoms. The third-order valence-electron chi connectivity index (χ3n) is 2.83. The summed E-state index contributed by atoms with van der Waals surface area (Å²) >= 11 is 7.26. The summed E-state index contributed by atoms with van der Waals surface area (Å²) in [7, 11) is 0. The van der Waals surface area contributed by atoms with E-state index in [2.05, 4.69) is 15.3 Å². The number of pyridine rings is 1. The van der Waals surface area contributed by atoms with Crippen molar-refractivity contribution in [2.45, 2.75) is 0 Å². The highest BCUT2D eigenvalue weighted by molar-refractivity contribution is 8.18. The molecule has 1 saturated heterocycles. The lowest BCUT2D eigenvalue weighted by molar-refractivity contribution is -0.115. The van der Waals surface area contributed by atoms with Crippen LogP contribution in [0.5, 0.6) is 0 Å². The van der Waals surface area contributed by atoms with Crippen molar-refractivity contribution in [3.8, 4) is 0 Å². The summed E-state index contributed by atoms with van der Waals surface area (Å²) in [6.07, 6.45) is 3.23. The smallest absolute Gasteiger partial charge is 0.264 e. The van der Waals surface area contributed by atoms with E-state index in [1.165, 1.54) is 17.8 Å². The molecule has 1 fully saturated rings. The molecule has 2 N–H and O–H groups in total. The zero-order chi connectivity index (χ0) is 15.5. The summed E-state index contributed by atoms with van der Waals surface area (Å²) in [6, 6.07) is 10.2. The SMILES string of the molecule is O=C1N/C(=N\c2ccccc2Cl)S/C1=C/c1ccc(=O)[nH]c1. The van der Waals surface area contributed by atoms with Gasteiger partial charge in [0.2, 0.25) is 5.56 Å². The summed E-state index contributed by atoms with van der Waals surface area (Å²) in [4.78, 5) is 30.4. The molecule has 1 amide bonds. The van der Waals surface area contributed by atoms with Crippen LogP contribution in [0.15, 0.2) is 57.3 Å².